The van der Waals surface area contributed by atoms with Crippen LogP contribution in [0.5, 0.6) is 0 Å². The van der Waals surface area contributed by atoms with Gasteiger partial charge in [0.05, 0.1) is 6.54 Å². The summed E-state index contributed by atoms with van der Waals surface area (Å²) in [7, 11) is 0. The van der Waals surface area contributed by atoms with Crippen LogP contribution in [0.4, 0.5) is 5.82 Å². The zero-order valence-electron chi connectivity index (χ0n) is 8.91. The summed E-state index contributed by atoms with van der Waals surface area (Å²) in [4.78, 5) is 0. The molecule has 0 aliphatic rings. The van der Waals surface area contributed by atoms with Crippen molar-refractivity contribution in [3.63, 3.8) is 0 Å². The van der Waals surface area contributed by atoms with Crippen LogP contribution in [0.15, 0.2) is 27.1 Å². The maximum atomic E-state index is 5.54. The lowest BCUT2D eigenvalue weighted by molar-refractivity contribution is 0.399. The summed E-state index contributed by atoms with van der Waals surface area (Å²) in [5, 5.41) is 6.95. The Hall–Kier alpha value is -1.71. The van der Waals surface area contributed by atoms with E-state index in [-0.39, 0.29) is 0 Å². The Kier molecular flexibility index (Phi) is 2.76. The zero-order chi connectivity index (χ0) is 10.7. The second-order valence-corrected chi connectivity index (χ2v) is 3.40. The molecule has 4 nitrogen and oxygen atoms in total. The highest BCUT2D eigenvalue weighted by atomic mass is 16.5. The molecule has 0 fully saturated rings. The zero-order valence-corrected chi connectivity index (χ0v) is 8.91. The number of hydrogen-bond donors (Lipinski definition) is 1. The fourth-order valence-corrected chi connectivity index (χ4v) is 1.33. The quantitative estimate of drug-likeness (QED) is 0.835. The van der Waals surface area contributed by atoms with Gasteiger partial charge in [-0.15, -0.1) is 0 Å². The van der Waals surface area contributed by atoms with Gasteiger partial charge in [0.2, 0.25) is 0 Å². The van der Waals surface area contributed by atoms with E-state index in [2.05, 4.69) is 17.4 Å². The van der Waals surface area contributed by atoms with Gasteiger partial charge in [-0.05, 0) is 19.1 Å². The molecule has 1 N–H and O–H groups in total. The molecule has 0 unspecified atom stereocenters. The summed E-state index contributed by atoms with van der Waals surface area (Å²) in [6, 6.07) is 5.81. The minimum Gasteiger partial charge on any atom is -0.464 e. The lowest BCUT2D eigenvalue weighted by Gasteiger charge is -1.97. The molecule has 2 aromatic heterocycles. The third-order valence-corrected chi connectivity index (χ3v) is 2.14. The minimum absolute atomic E-state index is 0.631. The first-order chi connectivity index (χ1) is 7.28. The summed E-state index contributed by atoms with van der Waals surface area (Å²) < 4.78 is 10.5. The van der Waals surface area contributed by atoms with Crippen LogP contribution in [-0.2, 0) is 13.0 Å². The van der Waals surface area contributed by atoms with Gasteiger partial charge >= 0.3 is 0 Å². The number of furan rings is 1. The van der Waals surface area contributed by atoms with Crippen molar-refractivity contribution in [2.75, 3.05) is 5.32 Å². The predicted octanol–water partition coefficient (Wildman–Crippen LogP) is 2.75. The fraction of sp³-hybridized carbons (Fsp3) is 0.364. The van der Waals surface area contributed by atoms with Crippen molar-refractivity contribution in [3.8, 4) is 0 Å². The highest BCUT2D eigenvalue weighted by Gasteiger charge is 2.02. The lowest BCUT2D eigenvalue weighted by atomic mass is 10.3. The average molecular weight is 206 g/mol. The molecule has 15 heavy (non-hydrogen) atoms. The summed E-state index contributed by atoms with van der Waals surface area (Å²) in [6.45, 7) is 4.56. The van der Waals surface area contributed by atoms with Crippen molar-refractivity contribution in [2.24, 2.45) is 0 Å². The van der Waals surface area contributed by atoms with Gasteiger partial charge in [-0.2, -0.15) is 0 Å². The van der Waals surface area contributed by atoms with E-state index >= 15 is 0 Å². The van der Waals surface area contributed by atoms with Crippen LogP contribution in [-0.4, -0.2) is 5.16 Å². The molecule has 0 radical (unpaired) electrons. The summed E-state index contributed by atoms with van der Waals surface area (Å²) in [5.74, 6) is 3.45. The summed E-state index contributed by atoms with van der Waals surface area (Å²) >= 11 is 0. The second-order valence-electron chi connectivity index (χ2n) is 3.40. The van der Waals surface area contributed by atoms with Gasteiger partial charge in [0.15, 0.2) is 5.82 Å². The van der Waals surface area contributed by atoms with E-state index in [4.69, 9.17) is 8.94 Å². The monoisotopic (exact) mass is 206 g/mol. The number of anilines is 1. The molecule has 0 aliphatic heterocycles. The van der Waals surface area contributed by atoms with Gasteiger partial charge in [0.1, 0.15) is 17.3 Å². The van der Waals surface area contributed by atoms with Crippen LogP contribution in [0, 0.1) is 6.92 Å². The summed E-state index contributed by atoms with van der Waals surface area (Å²) in [6.07, 6.45) is 0.920. The van der Waals surface area contributed by atoms with E-state index in [0.717, 1.165) is 29.5 Å². The molecule has 2 rings (SSSR count). The molecule has 0 saturated carbocycles. The largest absolute Gasteiger partial charge is 0.464 e. The molecule has 0 aliphatic carbocycles. The van der Waals surface area contributed by atoms with Gasteiger partial charge in [-0.25, -0.2) is 0 Å². The molecule has 0 bridgehead atoms. The standard InChI is InChI=1S/C11H14N2O2/c1-3-9-4-5-10(14-9)7-12-11-6-8(2)15-13-11/h4-6H,3,7H2,1-2H3,(H,12,13). The molecular weight excluding hydrogens is 192 g/mol. The number of rotatable bonds is 4. The average Bonchev–Trinajstić information content (AvgIpc) is 2.83. The van der Waals surface area contributed by atoms with Crippen molar-refractivity contribution >= 4 is 5.82 Å². The van der Waals surface area contributed by atoms with Crippen LogP contribution in [0.2, 0.25) is 0 Å². The molecule has 0 spiro atoms. The number of aromatic nitrogens is 1. The van der Waals surface area contributed by atoms with Crippen molar-refractivity contribution in [1.29, 1.82) is 0 Å². The van der Waals surface area contributed by atoms with E-state index in [1.165, 1.54) is 0 Å². The topological polar surface area (TPSA) is 51.2 Å². The number of nitrogens with one attached hydrogen (secondary N) is 1. The molecule has 0 saturated heterocycles. The number of hydrogen-bond acceptors (Lipinski definition) is 4. The first-order valence-corrected chi connectivity index (χ1v) is 5.02. The van der Waals surface area contributed by atoms with Gasteiger partial charge in [0, 0.05) is 12.5 Å². The molecule has 0 atom stereocenters. The van der Waals surface area contributed by atoms with Gasteiger partial charge in [-0.3, -0.25) is 0 Å². The van der Waals surface area contributed by atoms with E-state index in [9.17, 15) is 0 Å². The van der Waals surface area contributed by atoms with E-state index in [0.29, 0.717) is 6.54 Å². The first-order valence-electron chi connectivity index (χ1n) is 5.02. The van der Waals surface area contributed by atoms with Crippen LogP contribution in [0.25, 0.3) is 0 Å². The Balaban J connectivity index is 1.93. The Labute approximate surface area is 88.3 Å². The summed E-state index contributed by atoms with van der Waals surface area (Å²) in [5.41, 5.74) is 0. The van der Waals surface area contributed by atoms with Crippen LogP contribution in [0.3, 0.4) is 0 Å². The first kappa shape index (κ1) is 9.83. The van der Waals surface area contributed by atoms with Crippen molar-refractivity contribution in [1.82, 2.24) is 5.16 Å². The minimum atomic E-state index is 0.631. The van der Waals surface area contributed by atoms with E-state index in [1.54, 1.807) is 0 Å². The van der Waals surface area contributed by atoms with Crippen LogP contribution < -0.4 is 5.32 Å². The highest BCUT2D eigenvalue weighted by Crippen LogP contribution is 2.12. The van der Waals surface area contributed by atoms with Crippen molar-refractivity contribution in [2.45, 2.75) is 26.8 Å². The smallest absolute Gasteiger partial charge is 0.169 e. The van der Waals surface area contributed by atoms with Gasteiger partial charge in [-0.1, -0.05) is 12.1 Å². The lowest BCUT2D eigenvalue weighted by Crippen LogP contribution is -1.97. The molecule has 2 aromatic rings. The third kappa shape index (κ3) is 2.40. The van der Waals surface area contributed by atoms with E-state index < -0.39 is 0 Å². The van der Waals surface area contributed by atoms with Crippen LogP contribution in [0.1, 0.15) is 24.2 Å². The fourth-order valence-electron chi connectivity index (χ4n) is 1.33. The maximum Gasteiger partial charge on any atom is 0.169 e. The Morgan fingerprint density at radius 3 is 2.73 bits per heavy atom. The number of aryl methyl sites for hydroxylation is 2. The van der Waals surface area contributed by atoms with Gasteiger partial charge < -0.3 is 14.3 Å². The normalized spacial score (nSPS) is 10.5. The van der Waals surface area contributed by atoms with Gasteiger partial charge in [0.25, 0.3) is 0 Å². The number of nitrogens with zero attached hydrogens (tertiary/aromatic N) is 1. The van der Waals surface area contributed by atoms with Crippen molar-refractivity contribution in [3.05, 3.63) is 35.5 Å². The Morgan fingerprint density at radius 1 is 1.33 bits per heavy atom. The predicted molar refractivity (Wildman–Crippen MR) is 56.7 cm³/mol. The Morgan fingerprint density at radius 2 is 2.13 bits per heavy atom. The molecule has 0 aromatic carbocycles. The SMILES string of the molecule is CCc1ccc(CNc2cc(C)on2)o1. The molecule has 4 heteroatoms. The molecular formula is C11H14N2O2. The molecule has 2 heterocycles. The maximum absolute atomic E-state index is 5.54. The second kappa shape index (κ2) is 4.21. The third-order valence-electron chi connectivity index (χ3n) is 2.14. The van der Waals surface area contributed by atoms with Crippen LogP contribution >= 0.6 is 0 Å². The molecule has 0 amide bonds. The Bertz CT molecular complexity index is 431. The highest BCUT2D eigenvalue weighted by molar-refractivity contribution is 5.33. The van der Waals surface area contributed by atoms with Crippen molar-refractivity contribution < 1.29 is 8.94 Å². The molecule has 80 valence electrons. The van der Waals surface area contributed by atoms with E-state index in [1.807, 2.05) is 25.1 Å².